The number of rotatable bonds is 3. The van der Waals surface area contributed by atoms with Crippen LogP contribution in [0.15, 0.2) is 48.5 Å². The van der Waals surface area contributed by atoms with E-state index in [0.29, 0.717) is 29.7 Å². The summed E-state index contributed by atoms with van der Waals surface area (Å²) in [6, 6.07) is 16.9. The molecule has 5 nitrogen and oxygen atoms in total. The summed E-state index contributed by atoms with van der Waals surface area (Å²) in [4.78, 5) is 18.6. The van der Waals surface area contributed by atoms with E-state index in [0.717, 1.165) is 44.5 Å². The number of carbonyl (C=O) groups is 1. The molecule has 2 heterocycles. The fourth-order valence-corrected chi connectivity index (χ4v) is 9.66. The van der Waals surface area contributed by atoms with E-state index in [2.05, 4.69) is 28.9 Å². The summed E-state index contributed by atoms with van der Waals surface area (Å²) >= 11 is 0. The molecule has 2 saturated heterocycles. The van der Waals surface area contributed by atoms with Gasteiger partial charge in [0, 0.05) is 42.2 Å². The number of phenolic OH excluding ortho intramolecular Hbond substituents is 1. The first-order valence-corrected chi connectivity index (χ1v) is 13.1. The molecule has 5 heteroatoms. The minimum absolute atomic E-state index is 0.0532. The van der Waals surface area contributed by atoms with Gasteiger partial charge in [-0.3, -0.25) is 9.69 Å². The molecule has 0 aromatic heterocycles. The molecular weight excluding hydrogens is 422 g/mol. The van der Waals surface area contributed by atoms with Crippen molar-refractivity contribution in [2.24, 2.45) is 23.0 Å². The van der Waals surface area contributed by atoms with Crippen LogP contribution in [0.3, 0.4) is 0 Å². The number of carbonyl (C=O) groups excluding carboxylic acids is 1. The van der Waals surface area contributed by atoms with E-state index in [1.165, 1.54) is 24.0 Å². The quantitative estimate of drug-likeness (QED) is 0.740. The van der Waals surface area contributed by atoms with Crippen LogP contribution in [0.4, 0.5) is 0 Å². The third-order valence-electron chi connectivity index (χ3n) is 10.4. The van der Waals surface area contributed by atoms with Gasteiger partial charge in [0.1, 0.15) is 5.75 Å². The molecule has 1 amide bonds. The lowest BCUT2D eigenvalue weighted by Crippen LogP contribution is -2.70. The molecule has 2 saturated carbocycles. The van der Waals surface area contributed by atoms with Gasteiger partial charge in [0.25, 0.3) is 5.91 Å². The average Bonchev–Trinajstić information content (AvgIpc) is 3.27. The summed E-state index contributed by atoms with van der Waals surface area (Å²) in [6.07, 6.45) is 5.62. The van der Waals surface area contributed by atoms with Crippen LogP contribution in [0.2, 0.25) is 0 Å². The van der Waals surface area contributed by atoms with Crippen molar-refractivity contribution < 1.29 is 9.90 Å². The lowest BCUT2D eigenvalue weighted by Gasteiger charge is -2.66. The average molecular weight is 458 g/mol. The first-order chi connectivity index (χ1) is 16.4. The summed E-state index contributed by atoms with van der Waals surface area (Å²) in [7, 11) is 0. The molecule has 178 valence electrons. The van der Waals surface area contributed by atoms with E-state index >= 15 is 0 Å². The number of likely N-dealkylation sites (tertiary alicyclic amines) is 2. The Hall–Kier alpha value is -2.37. The van der Waals surface area contributed by atoms with Gasteiger partial charge in [-0.15, -0.1) is 0 Å². The van der Waals surface area contributed by atoms with Crippen LogP contribution < -0.4 is 5.73 Å². The second-order valence-corrected chi connectivity index (χ2v) is 11.8. The maximum atomic E-state index is 13.6. The Bertz CT molecular complexity index is 1150. The molecule has 34 heavy (non-hydrogen) atoms. The van der Waals surface area contributed by atoms with Crippen molar-refractivity contribution >= 4 is 5.91 Å². The third-order valence-corrected chi connectivity index (χ3v) is 10.4. The van der Waals surface area contributed by atoms with Crippen molar-refractivity contribution in [1.82, 2.24) is 9.80 Å². The Morgan fingerprint density at radius 3 is 2.82 bits per heavy atom. The van der Waals surface area contributed by atoms with Gasteiger partial charge in [-0.25, -0.2) is 0 Å². The Labute approximate surface area is 201 Å². The molecular formula is C29H35N3O2. The first-order valence-electron chi connectivity index (χ1n) is 13.1. The maximum absolute atomic E-state index is 13.6. The van der Waals surface area contributed by atoms with Crippen molar-refractivity contribution in [2.45, 2.75) is 62.6 Å². The fourth-order valence-electron chi connectivity index (χ4n) is 9.66. The Kier molecular flexibility index (Phi) is 4.36. The molecule has 4 bridgehead atoms. The Morgan fingerprint density at radius 2 is 2.03 bits per heavy atom. The van der Waals surface area contributed by atoms with Crippen molar-refractivity contribution in [3.8, 4) is 5.75 Å². The predicted octanol–water partition coefficient (Wildman–Crippen LogP) is 3.55. The fraction of sp³-hybridized carbons (Fsp3) is 0.552. The van der Waals surface area contributed by atoms with Gasteiger partial charge < -0.3 is 15.7 Å². The van der Waals surface area contributed by atoms with Gasteiger partial charge in [0.15, 0.2) is 0 Å². The zero-order valence-corrected chi connectivity index (χ0v) is 20.0. The van der Waals surface area contributed by atoms with Gasteiger partial charge in [0.05, 0.1) is 0 Å². The van der Waals surface area contributed by atoms with E-state index in [1.807, 2.05) is 36.4 Å². The van der Waals surface area contributed by atoms with E-state index in [9.17, 15) is 9.90 Å². The van der Waals surface area contributed by atoms with Crippen LogP contribution in [0.5, 0.6) is 5.75 Å². The number of amides is 1. The van der Waals surface area contributed by atoms with Gasteiger partial charge in [0.2, 0.25) is 0 Å². The molecule has 2 aliphatic heterocycles. The zero-order chi connectivity index (χ0) is 23.2. The number of benzene rings is 2. The third kappa shape index (κ3) is 2.50. The number of phenols is 1. The van der Waals surface area contributed by atoms with Crippen molar-refractivity contribution in [2.75, 3.05) is 19.6 Å². The highest BCUT2D eigenvalue weighted by Gasteiger charge is 2.76. The second kappa shape index (κ2) is 7.08. The molecule has 2 aromatic rings. The number of fused-ring (bicyclic) bond motifs is 1. The minimum Gasteiger partial charge on any atom is -0.508 e. The normalized spacial score (nSPS) is 38.4. The van der Waals surface area contributed by atoms with Gasteiger partial charge in [-0.2, -0.15) is 0 Å². The lowest BCUT2D eigenvalue weighted by molar-refractivity contribution is -0.102. The molecule has 3 N–H and O–H groups in total. The van der Waals surface area contributed by atoms with E-state index < -0.39 is 0 Å². The Morgan fingerprint density at radius 1 is 1.21 bits per heavy atom. The molecule has 5 unspecified atom stereocenters. The van der Waals surface area contributed by atoms with Crippen molar-refractivity contribution in [3.63, 3.8) is 0 Å². The standard InChI is InChI=1S/C29H35N3O2/c1-18(30)16-31-12-11-29-23-14-22(33)8-7-20(23)13-25(31)28(29)10-9-24-26(29)21(15-28)17-32(24)27(34)19-5-3-2-4-6-19/h2-8,14,18,21,24-26,33H,9-13,15-17,30H2,1H3/t18-,21-,24?,25?,26?,28?,29?/m1/s1. The van der Waals surface area contributed by atoms with Crippen LogP contribution in [-0.2, 0) is 11.8 Å². The topological polar surface area (TPSA) is 69.8 Å². The monoisotopic (exact) mass is 457 g/mol. The molecule has 5 aliphatic rings. The number of aromatic hydroxyl groups is 1. The second-order valence-electron chi connectivity index (χ2n) is 11.8. The van der Waals surface area contributed by atoms with Gasteiger partial charge in [-0.1, -0.05) is 24.3 Å². The molecule has 0 spiro atoms. The Balaban J connectivity index is 1.35. The number of hydrogen-bond acceptors (Lipinski definition) is 4. The SMILES string of the molecule is C[C@@H](N)CN1CCC23c4cc(O)ccc4CC1C21CCC2C3[C@@H](CN2C(=O)c2ccccc2)C1. The molecule has 3 aliphatic carbocycles. The highest BCUT2D eigenvalue weighted by atomic mass is 16.3. The molecule has 2 aromatic carbocycles. The van der Waals surface area contributed by atoms with Gasteiger partial charge >= 0.3 is 0 Å². The maximum Gasteiger partial charge on any atom is 0.254 e. The van der Waals surface area contributed by atoms with E-state index in [-0.39, 0.29) is 22.8 Å². The van der Waals surface area contributed by atoms with E-state index in [4.69, 9.17) is 5.73 Å². The van der Waals surface area contributed by atoms with E-state index in [1.54, 1.807) is 0 Å². The van der Waals surface area contributed by atoms with Crippen LogP contribution >= 0.6 is 0 Å². The molecule has 0 radical (unpaired) electrons. The lowest BCUT2D eigenvalue weighted by atomic mass is 9.43. The zero-order valence-electron chi connectivity index (χ0n) is 20.0. The summed E-state index contributed by atoms with van der Waals surface area (Å²) in [5, 5.41) is 10.6. The largest absolute Gasteiger partial charge is 0.508 e. The van der Waals surface area contributed by atoms with Crippen LogP contribution in [0, 0.1) is 17.3 Å². The number of hydrogen-bond donors (Lipinski definition) is 2. The van der Waals surface area contributed by atoms with Crippen LogP contribution in [0.25, 0.3) is 0 Å². The molecule has 7 rings (SSSR count). The molecule has 7 atom stereocenters. The van der Waals surface area contributed by atoms with Crippen LogP contribution in [-0.4, -0.2) is 58.6 Å². The smallest absolute Gasteiger partial charge is 0.254 e. The highest BCUT2D eigenvalue weighted by molar-refractivity contribution is 5.94. The van der Waals surface area contributed by atoms with Crippen molar-refractivity contribution in [3.05, 3.63) is 65.2 Å². The highest BCUT2D eigenvalue weighted by Crippen LogP contribution is 2.75. The minimum atomic E-state index is 0.0532. The summed E-state index contributed by atoms with van der Waals surface area (Å²) < 4.78 is 0. The number of nitrogens with zero attached hydrogens (tertiary/aromatic N) is 2. The summed E-state index contributed by atoms with van der Waals surface area (Å²) in [5.74, 6) is 1.59. The van der Waals surface area contributed by atoms with Crippen molar-refractivity contribution in [1.29, 1.82) is 0 Å². The first kappa shape index (κ1) is 21.0. The summed E-state index contributed by atoms with van der Waals surface area (Å²) in [5.41, 5.74) is 10.2. The number of nitrogens with two attached hydrogens (primary N) is 1. The van der Waals surface area contributed by atoms with Crippen LogP contribution in [0.1, 0.15) is 54.1 Å². The predicted molar refractivity (Wildman–Crippen MR) is 132 cm³/mol. The summed E-state index contributed by atoms with van der Waals surface area (Å²) in [6.45, 7) is 5.02. The number of piperidine rings is 1. The molecule has 4 fully saturated rings. The van der Waals surface area contributed by atoms with Gasteiger partial charge in [-0.05, 0) is 98.2 Å².